The Morgan fingerprint density at radius 2 is 1.12 bits per heavy atom. The predicted octanol–water partition coefficient (Wildman–Crippen LogP) is 4.97. The average molecular weight is 574 g/mol. The Kier molecular flexibility index (Phi) is 6.21. The molecule has 0 N–H and O–H groups in total. The number of carbonyl (C=O) groups excluding carboxylic acids is 1. The highest BCUT2D eigenvalue weighted by Crippen LogP contribution is 2.54. The topological polar surface area (TPSA) is 97.8 Å². The minimum Gasteiger partial charge on any atom is -0.460 e. The van der Waals surface area contributed by atoms with Crippen LogP contribution in [0.3, 0.4) is 0 Å². The SMILES string of the molecule is Cc1ccc(S(=O)(=O)N(C[C@@H]2CC3(C(=O)O2)c2ccccc2-c2ccccc23)S(=O)(=O)c2ccc(C)cc2)cc1. The van der Waals surface area contributed by atoms with E-state index in [-0.39, 0.29) is 16.2 Å². The third kappa shape index (κ3) is 3.99. The van der Waals surface area contributed by atoms with Crippen LogP contribution in [0, 0.1) is 13.8 Å². The summed E-state index contributed by atoms with van der Waals surface area (Å²) >= 11 is 0. The van der Waals surface area contributed by atoms with Gasteiger partial charge < -0.3 is 4.74 Å². The van der Waals surface area contributed by atoms with E-state index in [9.17, 15) is 21.6 Å². The highest BCUT2D eigenvalue weighted by atomic mass is 32.3. The maximum Gasteiger partial charge on any atom is 0.321 e. The second kappa shape index (κ2) is 9.40. The molecule has 4 aromatic carbocycles. The lowest BCUT2D eigenvalue weighted by atomic mass is 9.76. The van der Waals surface area contributed by atoms with Crippen LogP contribution < -0.4 is 0 Å². The van der Waals surface area contributed by atoms with Gasteiger partial charge in [-0.25, -0.2) is 16.8 Å². The number of nitrogens with zero attached hydrogens (tertiary/aromatic N) is 1. The van der Waals surface area contributed by atoms with Crippen LogP contribution in [-0.2, 0) is 35.0 Å². The molecule has 9 heteroatoms. The van der Waals surface area contributed by atoms with Crippen molar-refractivity contribution in [1.29, 1.82) is 0 Å². The molecular formula is C31H27NO6S2. The molecule has 1 aliphatic heterocycles. The van der Waals surface area contributed by atoms with Gasteiger partial charge in [0.05, 0.1) is 16.3 Å². The lowest BCUT2D eigenvalue weighted by Crippen LogP contribution is -2.42. The fraction of sp³-hybridized carbons (Fsp3) is 0.194. The first-order valence-electron chi connectivity index (χ1n) is 12.9. The first kappa shape index (κ1) is 26.4. The number of fused-ring (bicyclic) bond motifs is 5. The third-order valence-electron chi connectivity index (χ3n) is 7.75. The van der Waals surface area contributed by atoms with Gasteiger partial charge in [-0.2, -0.15) is 0 Å². The Morgan fingerprint density at radius 1 is 0.700 bits per heavy atom. The van der Waals surface area contributed by atoms with Gasteiger partial charge in [-0.05, 0) is 60.4 Å². The van der Waals surface area contributed by atoms with Gasteiger partial charge in [-0.1, -0.05) is 87.6 Å². The van der Waals surface area contributed by atoms with Crippen molar-refractivity contribution in [1.82, 2.24) is 3.71 Å². The van der Waals surface area contributed by atoms with Gasteiger partial charge in [-0.15, -0.1) is 0 Å². The van der Waals surface area contributed by atoms with E-state index in [2.05, 4.69) is 0 Å². The van der Waals surface area contributed by atoms with E-state index in [1.807, 2.05) is 62.4 Å². The Balaban J connectivity index is 1.44. The summed E-state index contributed by atoms with van der Waals surface area (Å²) in [5.41, 5.74) is 3.88. The number of hydrogen-bond acceptors (Lipinski definition) is 6. The van der Waals surface area contributed by atoms with Crippen molar-refractivity contribution < 1.29 is 26.4 Å². The second-order valence-corrected chi connectivity index (χ2v) is 14.3. The van der Waals surface area contributed by atoms with E-state index in [1.54, 1.807) is 24.3 Å². The molecule has 1 fully saturated rings. The van der Waals surface area contributed by atoms with Crippen LogP contribution in [0.5, 0.6) is 0 Å². The molecule has 2 aliphatic rings. The molecule has 0 radical (unpaired) electrons. The molecule has 204 valence electrons. The van der Waals surface area contributed by atoms with Crippen molar-refractivity contribution in [2.75, 3.05) is 6.54 Å². The van der Waals surface area contributed by atoms with Crippen LogP contribution in [0.15, 0.2) is 107 Å². The molecular weight excluding hydrogens is 546 g/mol. The maximum atomic E-state index is 13.9. The molecule has 1 spiro atoms. The first-order chi connectivity index (χ1) is 19.0. The van der Waals surface area contributed by atoms with E-state index in [4.69, 9.17) is 4.74 Å². The van der Waals surface area contributed by atoms with Gasteiger partial charge >= 0.3 is 5.97 Å². The van der Waals surface area contributed by atoms with Crippen molar-refractivity contribution in [3.05, 3.63) is 119 Å². The minimum atomic E-state index is -4.54. The molecule has 0 amide bonds. The number of rotatable bonds is 6. The molecule has 1 atom stereocenters. The monoisotopic (exact) mass is 573 g/mol. The smallest absolute Gasteiger partial charge is 0.321 e. The van der Waals surface area contributed by atoms with Gasteiger partial charge in [-0.3, -0.25) is 4.79 Å². The van der Waals surface area contributed by atoms with Gasteiger partial charge in [0.1, 0.15) is 11.5 Å². The lowest BCUT2D eigenvalue weighted by molar-refractivity contribution is -0.144. The number of aryl methyl sites for hydroxylation is 2. The summed E-state index contributed by atoms with van der Waals surface area (Å²) < 4.78 is 62.0. The first-order valence-corrected chi connectivity index (χ1v) is 15.7. The van der Waals surface area contributed by atoms with Crippen LogP contribution in [0.1, 0.15) is 28.7 Å². The molecule has 0 aromatic heterocycles. The molecule has 1 aliphatic carbocycles. The number of esters is 1. The van der Waals surface area contributed by atoms with Crippen molar-refractivity contribution in [3.8, 4) is 11.1 Å². The summed E-state index contributed by atoms with van der Waals surface area (Å²) in [6.45, 7) is 3.07. The standard InChI is InChI=1S/C31H27NO6S2/c1-21-11-15-24(16-12-21)39(34,35)32(40(36,37)25-17-13-22(2)14-18-25)20-23-19-31(30(33)38-23)28-9-5-3-7-26(28)27-8-4-6-10-29(27)31/h3-18,23H,19-20H2,1-2H3/t23-/m0/s1. The molecule has 0 bridgehead atoms. The number of ether oxygens (including phenoxy) is 1. The van der Waals surface area contributed by atoms with Crippen LogP contribution in [0.4, 0.5) is 0 Å². The van der Waals surface area contributed by atoms with Crippen LogP contribution in [0.2, 0.25) is 0 Å². The number of sulfonamides is 2. The summed E-state index contributed by atoms with van der Waals surface area (Å²) in [4.78, 5) is 13.4. The largest absolute Gasteiger partial charge is 0.460 e. The van der Waals surface area contributed by atoms with Gasteiger partial charge in [0.25, 0.3) is 20.0 Å². The highest BCUT2D eigenvalue weighted by Gasteiger charge is 2.57. The Bertz CT molecular complexity index is 1730. The van der Waals surface area contributed by atoms with Crippen LogP contribution in [0.25, 0.3) is 11.1 Å². The van der Waals surface area contributed by atoms with E-state index in [0.717, 1.165) is 33.4 Å². The Labute approximate surface area is 234 Å². The van der Waals surface area contributed by atoms with E-state index in [1.165, 1.54) is 24.3 Å². The summed E-state index contributed by atoms with van der Waals surface area (Å²) in [5.74, 6) is -0.518. The van der Waals surface area contributed by atoms with Crippen molar-refractivity contribution >= 4 is 26.0 Å². The number of hydrogen-bond donors (Lipinski definition) is 0. The normalized spacial score (nSPS) is 17.6. The second-order valence-electron chi connectivity index (χ2n) is 10.3. The summed E-state index contributed by atoms with van der Waals surface area (Å²) in [5, 5.41) is 0. The lowest BCUT2D eigenvalue weighted by Gasteiger charge is -2.25. The summed E-state index contributed by atoms with van der Waals surface area (Å²) in [6, 6.07) is 27.1. The molecule has 40 heavy (non-hydrogen) atoms. The molecule has 1 saturated heterocycles. The molecule has 0 saturated carbocycles. The minimum absolute atomic E-state index is 0.100. The summed E-state index contributed by atoms with van der Waals surface area (Å²) in [6.07, 6.45) is -0.907. The van der Waals surface area contributed by atoms with Gasteiger partial charge in [0, 0.05) is 6.42 Å². The van der Waals surface area contributed by atoms with Crippen molar-refractivity contribution in [3.63, 3.8) is 0 Å². The van der Waals surface area contributed by atoms with E-state index in [0.29, 0.717) is 3.71 Å². The molecule has 1 heterocycles. The average Bonchev–Trinajstić information content (AvgIpc) is 3.42. The zero-order valence-electron chi connectivity index (χ0n) is 21.9. The van der Waals surface area contributed by atoms with E-state index >= 15 is 0 Å². The fourth-order valence-electron chi connectivity index (χ4n) is 5.73. The molecule has 6 rings (SSSR count). The Morgan fingerprint density at radius 3 is 1.57 bits per heavy atom. The van der Waals surface area contributed by atoms with Crippen molar-refractivity contribution in [2.24, 2.45) is 0 Å². The van der Waals surface area contributed by atoms with Crippen LogP contribution >= 0.6 is 0 Å². The quantitative estimate of drug-likeness (QED) is 0.302. The Hall–Kier alpha value is -3.79. The number of benzene rings is 4. The number of cyclic esters (lactones) is 1. The highest BCUT2D eigenvalue weighted by molar-refractivity contribution is 8.04. The predicted molar refractivity (Wildman–Crippen MR) is 151 cm³/mol. The number of carbonyl (C=O) groups is 1. The fourth-order valence-corrected chi connectivity index (χ4v) is 9.44. The summed E-state index contributed by atoms with van der Waals surface area (Å²) in [7, 11) is -9.08. The molecule has 4 aromatic rings. The van der Waals surface area contributed by atoms with Crippen LogP contribution in [-0.4, -0.2) is 39.2 Å². The maximum absolute atomic E-state index is 13.9. The zero-order valence-corrected chi connectivity index (χ0v) is 23.6. The van der Waals surface area contributed by atoms with Crippen molar-refractivity contribution in [2.45, 2.75) is 41.6 Å². The molecule has 7 nitrogen and oxygen atoms in total. The van der Waals surface area contributed by atoms with Gasteiger partial charge in [0.2, 0.25) is 0 Å². The molecule has 0 unspecified atom stereocenters. The van der Waals surface area contributed by atoms with Gasteiger partial charge in [0.15, 0.2) is 0 Å². The van der Waals surface area contributed by atoms with E-state index < -0.39 is 44.1 Å². The zero-order chi connectivity index (χ0) is 28.3. The third-order valence-corrected chi connectivity index (χ3v) is 12.0.